The summed E-state index contributed by atoms with van der Waals surface area (Å²) in [6.07, 6.45) is -0.0701. The first-order chi connectivity index (χ1) is 5.91. The van der Waals surface area contributed by atoms with Crippen molar-refractivity contribution in [1.29, 1.82) is 0 Å². The van der Waals surface area contributed by atoms with E-state index >= 15 is 0 Å². The molecule has 13 heavy (non-hydrogen) atoms. The van der Waals surface area contributed by atoms with Crippen molar-refractivity contribution in [3.05, 3.63) is 0 Å². The molecular weight excluding hydrogens is 200 g/mol. The quantitative estimate of drug-likeness (QED) is 0.695. The lowest BCUT2D eigenvalue weighted by Gasteiger charge is -2.13. The number of rotatable bonds is 2. The van der Waals surface area contributed by atoms with E-state index in [9.17, 15) is 13.6 Å². The highest BCUT2D eigenvalue weighted by molar-refractivity contribution is 6.30. The fraction of sp³-hybridized carbons (Fsp3) is 0.875. The highest BCUT2D eigenvalue weighted by Crippen LogP contribution is 2.34. The molecular formula is C8H12ClF2NO. The fourth-order valence-corrected chi connectivity index (χ4v) is 1.45. The van der Waals surface area contributed by atoms with Crippen LogP contribution in [0.5, 0.6) is 0 Å². The van der Waals surface area contributed by atoms with Crippen LogP contribution in [-0.4, -0.2) is 23.2 Å². The van der Waals surface area contributed by atoms with E-state index in [1.54, 1.807) is 0 Å². The minimum Gasteiger partial charge on any atom is -0.352 e. The van der Waals surface area contributed by atoms with Gasteiger partial charge in [0.1, 0.15) is 5.38 Å². The third-order valence-corrected chi connectivity index (χ3v) is 2.31. The molecule has 1 fully saturated rings. The van der Waals surface area contributed by atoms with Gasteiger partial charge in [0, 0.05) is 18.9 Å². The predicted octanol–water partition coefficient (Wildman–Crippen LogP) is 1.92. The van der Waals surface area contributed by atoms with Gasteiger partial charge in [-0.05, 0) is 13.3 Å². The standard InChI is InChI=1S/C8H12ClF2NO/c1-5(9)7(13)12-6-2-3-8(10,11)4-6/h5-6H,2-4H2,1H3,(H,12,13). The molecule has 1 saturated carbocycles. The van der Waals surface area contributed by atoms with Gasteiger partial charge in [0.15, 0.2) is 0 Å². The number of halogens is 3. The van der Waals surface area contributed by atoms with Crippen molar-refractivity contribution < 1.29 is 13.6 Å². The summed E-state index contributed by atoms with van der Waals surface area (Å²) in [5.41, 5.74) is 0. The van der Waals surface area contributed by atoms with Gasteiger partial charge in [-0.25, -0.2) is 8.78 Å². The Morgan fingerprint density at radius 3 is 2.69 bits per heavy atom. The Hall–Kier alpha value is -0.380. The van der Waals surface area contributed by atoms with Crippen molar-refractivity contribution in [2.45, 2.75) is 43.5 Å². The third kappa shape index (κ3) is 3.10. The van der Waals surface area contributed by atoms with E-state index in [0.29, 0.717) is 6.42 Å². The summed E-state index contributed by atoms with van der Waals surface area (Å²) in [6.45, 7) is 1.52. The summed E-state index contributed by atoms with van der Waals surface area (Å²) in [4.78, 5) is 11.0. The van der Waals surface area contributed by atoms with Gasteiger partial charge in [0.25, 0.3) is 0 Å². The van der Waals surface area contributed by atoms with Crippen LogP contribution in [0, 0.1) is 0 Å². The largest absolute Gasteiger partial charge is 0.352 e. The second-order valence-corrected chi connectivity index (χ2v) is 4.07. The monoisotopic (exact) mass is 211 g/mol. The molecule has 2 atom stereocenters. The molecule has 2 unspecified atom stereocenters. The smallest absolute Gasteiger partial charge is 0.250 e. The fourth-order valence-electron chi connectivity index (χ4n) is 1.39. The summed E-state index contributed by atoms with van der Waals surface area (Å²) in [6, 6.07) is -0.413. The van der Waals surface area contributed by atoms with Gasteiger partial charge in [0.2, 0.25) is 11.8 Å². The van der Waals surface area contributed by atoms with Crippen molar-refractivity contribution in [3.8, 4) is 0 Å². The number of alkyl halides is 3. The molecule has 0 spiro atoms. The Kier molecular flexibility index (Phi) is 3.11. The Morgan fingerprint density at radius 2 is 2.31 bits per heavy atom. The van der Waals surface area contributed by atoms with E-state index in [1.807, 2.05) is 0 Å². The van der Waals surface area contributed by atoms with E-state index in [4.69, 9.17) is 11.6 Å². The van der Waals surface area contributed by atoms with Gasteiger partial charge in [-0.15, -0.1) is 11.6 Å². The van der Waals surface area contributed by atoms with E-state index in [1.165, 1.54) is 6.92 Å². The van der Waals surface area contributed by atoms with Crippen LogP contribution in [0.15, 0.2) is 0 Å². The first-order valence-electron chi connectivity index (χ1n) is 4.23. The molecule has 0 aromatic carbocycles. The third-order valence-electron chi connectivity index (χ3n) is 2.11. The molecule has 76 valence electrons. The predicted molar refractivity (Wildman–Crippen MR) is 46.0 cm³/mol. The molecule has 1 amide bonds. The number of amides is 1. The van der Waals surface area contributed by atoms with Crippen molar-refractivity contribution in [3.63, 3.8) is 0 Å². The van der Waals surface area contributed by atoms with Crippen molar-refractivity contribution in [1.82, 2.24) is 5.32 Å². The van der Waals surface area contributed by atoms with E-state index in [2.05, 4.69) is 5.32 Å². The first kappa shape index (κ1) is 10.7. The summed E-state index contributed by atoms with van der Waals surface area (Å²) in [5, 5.41) is 1.82. The second-order valence-electron chi connectivity index (χ2n) is 3.42. The first-order valence-corrected chi connectivity index (χ1v) is 4.67. The van der Waals surface area contributed by atoms with Crippen LogP contribution in [-0.2, 0) is 4.79 Å². The van der Waals surface area contributed by atoms with Gasteiger partial charge in [-0.1, -0.05) is 0 Å². The number of hydrogen-bond donors (Lipinski definition) is 1. The van der Waals surface area contributed by atoms with E-state index in [0.717, 1.165) is 0 Å². The van der Waals surface area contributed by atoms with Crippen LogP contribution in [0.3, 0.4) is 0 Å². The Bertz CT molecular complexity index is 208. The van der Waals surface area contributed by atoms with Crippen LogP contribution < -0.4 is 5.32 Å². The Morgan fingerprint density at radius 1 is 1.69 bits per heavy atom. The highest BCUT2D eigenvalue weighted by Gasteiger charge is 2.40. The molecule has 0 aromatic heterocycles. The summed E-state index contributed by atoms with van der Waals surface area (Å²) in [5.74, 6) is -2.99. The molecule has 0 radical (unpaired) electrons. The summed E-state index contributed by atoms with van der Waals surface area (Å²) in [7, 11) is 0. The number of carbonyl (C=O) groups excluding carboxylic acids is 1. The molecule has 0 heterocycles. The average molecular weight is 212 g/mol. The van der Waals surface area contributed by atoms with Crippen molar-refractivity contribution in [2.75, 3.05) is 0 Å². The van der Waals surface area contributed by atoms with Crippen molar-refractivity contribution >= 4 is 17.5 Å². The average Bonchev–Trinajstić information content (AvgIpc) is 2.30. The normalized spacial score (nSPS) is 28.5. The molecule has 0 aromatic rings. The zero-order valence-electron chi connectivity index (χ0n) is 7.32. The zero-order valence-corrected chi connectivity index (χ0v) is 8.07. The highest BCUT2D eigenvalue weighted by atomic mass is 35.5. The molecule has 1 aliphatic carbocycles. The lowest BCUT2D eigenvalue weighted by Crippen LogP contribution is -2.37. The molecule has 1 aliphatic rings. The molecule has 0 saturated heterocycles. The summed E-state index contributed by atoms with van der Waals surface area (Å²) >= 11 is 5.48. The van der Waals surface area contributed by atoms with E-state index in [-0.39, 0.29) is 18.7 Å². The number of hydrogen-bond acceptors (Lipinski definition) is 1. The minimum atomic E-state index is -2.62. The zero-order chi connectivity index (χ0) is 10.1. The second kappa shape index (κ2) is 3.78. The van der Waals surface area contributed by atoms with Gasteiger partial charge in [-0.2, -0.15) is 0 Å². The lowest BCUT2D eigenvalue weighted by atomic mass is 10.2. The van der Waals surface area contributed by atoms with Crippen LogP contribution in [0.4, 0.5) is 8.78 Å². The van der Waals surface area contributed by atoms with Crippen LogP contribution in [0.1, 0.15) is 26.2 Å². The maximum absolute atomic E-state index is 12.7. The van der Waals surface area contributed by atoms with Crippen LogP contribution >= 0.6 is 11.6 Å². The molecule has 0 bridgehead atoms. The van der Waals surface area contributed by atoms with Gasteiger partial charge < -0.3 is 5.32 Å². The minimum absolute atomic E-state index is 0.144. The Labute approximate surface area is 80.6 Å². The molecule has 5 heteroatoms. The topological polar surface area (TPSA) is 29.1 Å². The molecule has 1 rings (SSSR count). The van der Waals surface area contributed by atoms with E-state index < -0.39 is 17.3 Å². The van der Waals surface area contributed by atoms with Gasteiger partial charge >= 0.3 is 0 Å². The Balaban J connectivity index is 2.37. The number of carbonyl (C=O) groups is 1. The lowest BCUT2D eigenvalue weighted by molar-refractivity contribution is -0.121. The van der Waals surface area contributed by atoms with Gasteiger partial charge in [0.05, 0.1) is 0 Å². The maximum Gasteiger partial charge on any atom is 0.250 e. The molecule has 1 N–H and O–H groups in total. The SMILES string of the molecule is CC(Cl)C(=O)NC1CCC(F)(F)C1. The van der Waals surface area contributed by atoms with Crippen LogP contribution in [0.2, 0.25) is 0 Å². The summed E-state index contributed by atoms with van der Waals surface area (Å²) < 4.78 is 25.3. The number of nitrogens with one attached hydrogen (secondary N) is 1. The maximum atomic E-state index is 12.7. The van der Waals surface area contributed by atoms with Crippen molar-refractivity contribution in [2.24, 2.45) is 0 Å². The van der Waals surface area contributed by atoms with Gasteiger partial charge in [-0.3, -0.25) is 4.79 Å². The molecule has 2 nitrogen and oxygen atoms in total. The van der Waals surface area contributed by atoms with Crippen LogP contribution in [0.25, 0.3) is 0 Å². The molecule has 0 aliphatic heterocycles.